The Morgan fingerprint density at radius 3 is 2.55 bits per heavy atom. The van der Waals surface area contributed by atoms with Gasteiger partial charge >= 0.3 is 5.97 Å². The van der Waals surface area contributed by atoms with E-state index in [0.29, 0.717) is 18.8 Å². The van der Waals surface area contributed by atoms with Crippen LogP contribution < -0.4 is 15.6 Å². The molecular weight excluding hydrogens is 384 g/mol. The number of aromatic carboxylic acids is 1. The zero-order chi connectivity index (χ0) is 20.7. The van der Waals surface area contributed by atoms with Crippen molar-refractivity contribution in [2.45, 2.75) is 6.23 Å². The number of piperazine rings is 1. The summed E-state index contributed by atoms with van der Waals surface area (Å²) in [6.07, 6.45) is 0.321. The number of pyridine rings is 1. The molecule has 0 bridgehead atoms. The first-order chi connectivity index (χ1) is 13.8. The van der Waals surface area contributed by atoms with Crippen molar-refractivity contribution in [3.63, 3.8) is 0 Å². The Balaban J connectivity index is 1.99. The Labute approximate surface area is 163 Å². The largest absolute Gasteiger partial charge is 0.477 e. The Bertz CT molecular complexity index is 1160. The monoisotopic (exact) mass is 401 g/mol. The highest BCUT2D eigenvalue weighted by atomic mass is 19.1. The number of nitrogens with zero attached hydrogens (tertiary/aromatic N) is 2. The molecule has 1 aromatic heterocycles. The molecule has 0 radical (unpaired) electrons. The van der Waals surface area contributed by atoms with Crippen LogP contribution in [0.5, 0.6) is 0 Å². The molecular formula is C20H17F2N3O4. The molecule has 29 heavy (non-hydrogen) atoms. The average molecular weight is 401 g/mol. The van der Waals surface area contributed by atoms with Crippen molar-refractivity contribution in [1.82, 2.24) is 9.88 Å². The minimum atomic E-state index is -1.44. The number of halogens is 2. The number of aromatic nitrogens is 1. The fourth-order valence-electron chi connectivity index (χ4n) is 3.49. The highest BCUT2D eigenvalue weighted by molar-refractivity contribution is 5.94. The van der Waals surface area contributed by atoms with Crippen molar-refractivity contribution in [2.75, 3.05) is 24.5 Å². The van der Waals surface area contributed by atoms with Crippen LogP contribution >= 0.6 is 0 Å². The van der Waals surface area contributed by atoms with E-state index in [2.05, 4.69) is 5.32 Å². The number of carboxylic acids is 1. The van der Waals surface area contributed by atoms with Gasteiger partial charge in [0.1, 0.15) is 23.4 Å². The van der Waals surface area contributed by atoms with Gasteiger partial charge in [0, 0.05) is 30.4 Å². The van der Waals surface area contributed by atoms with Gasteiger partial charge in [0.15, 0.2) is 0 Å². The maximum absolute atomic E-state index is 14.8. The first kappa shape index (κ1) is 19.0. The van der Waals surface area contributed by atoms with Gasteiger partial charge in [-0.1, -0.05) is 0 Å². The average Bonchev–Trinajstić information content (AvgIpc) is 2.69. The minimum absolute atomic E-state index is 0.105. The van der Waals surface area contributed by atoms with Crippen molar-refractivity contribution in [2.24, 2.45) is 0 Å². The van der Waals surface area contributed by atoms with E-state index in [1.165, 1.54) is 34.9 Å². The van der Waals surface area contributed by atoms with Crippen LogP contribution in [0, 0.1) is 11.6 Å². The first-order valence-electron chi connectivity index (χ1n) is 8.89. The number of anilines is 1. The summed E-state index contributed by atoms with van der Waals surface area (Å²) >= 11 is 0. The van der Waals surface area contributed by atoms with Gasteiger partial charge in [-0.3, -0.25) is 10.1 Å². The molecule has 1 atom stereocenters. The lowest BCUT2D eigenvalue weighted by atomic mass is 10.1. The van der Waals surface area contributed by atoms with E-state index in [-0.39, 0.29) is 23.1 Å². The smallest absolute Gasteiger partial charge is 0.341 e. The molecule has 0 aliphatic carbocycles. The van der Waals surface area contributed by atoms with Crippen LogP contribution in [0.3, 0.4) is 0 Å². The molecule has 7 nitrogen and oxygen atoms in total. The molecule has 0 spiro atoms. The number of carbonyl (C=O) groups is 1. The molecule has 1 aliphatic heterocycles. The molecule has 2 heterocycles. The normalized spacial score (nSPS) is 16.9. The molecule has 0 saturated carbocycles. The highest BCUT2D eigenvalue weighted by Gasteiger charge is 2.23. The number of hydrogen-bond acceptors (Lipinski definition) is 5. The molecule has 9 heteroatoms. The number of β-amino-alcohol motifs (C(OH)–C–C–N with tert-alkyl or cyclic N) is 1. The predicted molar refractivity (Wildman–Crippen MR) is 103 cm³/mol. The third-order valence-corrected chi connectivity index (χ3v) is 4.90. The summed E-state index contributed by atoms with van der Waals surface area (Å²) < 4.78 is 29.6. The lowest BCUT2D eigenvalue weighted by Crippen LogP contribution is -2.50. The second-order valence-electron chi connectivity index (χ2n) is 6.76. The molecule has 1 aliphatic rings. The fraction of sp³-hybridized carbons (Fsp3) is 0.200. The van der Waals surface area contributed by atoms with E-state index >= 15 is 0 Å². The van der Waals surface area contributed by atoms with E-state index in [1.54, 1.807) is 4.90 Å². The quantitative estimate of drug-likeness (QED) is 0.619. The lowest BCUT2D eigenvalue weighted by molar-refractivity contribution is 0.0695. The summed E-state index contributed by atoms with van der Waals surface area (Å²) in [5.41, 5.74) is -0.465. The van der Waals surface area contributed by atoms with Crippen LogP contribution in [-0.2, 0) is 0 Å². The van der Waals surface area contributed by atoms with Crippen molar-refractivity contribution in [1.29, 1.82) is 0 Å². The molecule has 3 N–H and O–H groups in total. The Kier molecular flexibility index (Phi) is 4.77. The second-order valence-corrected chi connectivity index (χ2v) is 6.76. The van der Waals surface area contributed by atoms with Crippen LogP contribution in [0.2, 0.25) is 0 Å². The summed E-state index contributed by atoms with van der Waals surface area (Å²) in [4.78, 5) is 25.8. The molecule has 1 fully saturated rings. The van der Waals surface area contributed by atoms with Gasteiger partial charge in [0.25, 0.3) is 0 Å². The van der Waals surface area contributed by atoms with Crippen molar-refractivity contribution < 1.29 is 23.8 Å². The molecule has 1 saturated heterocycles. The molecule has 1 unspecified atom stereocenters. The Hall–Kier alpha value is -3.30. The highest BCUT2D eigenvalue weighted by Crippen LogP contribution is 2.27. The molecule has 2 aromatic carbocycles. The predicted octanol–water partition coefficient (Wildman–Crippen LogP) is 1.70. The number of aliphatic hydroxyl groups is 1. The third kappa shape index (κ3) is 3.45. The first-order valence-corrected chi connectivity index (χ1v) is 8.89. The van der Waals surface area contributed by atoms with Crippen LogP contribution in [0.25, 0.3) is 16.6 Å². The number of carboxylic acid groups (broad SMARTS) is 1. The van der Waals surface area contributed by atoms with Crippen LogP contribution in [0.1, 0.15) is 10.4 Å². The Morgan fingerprint density at radius 1 is 1.17 bits per heavy atom. The molecule has 150 valence electrons. The van der Waals surface area contributed by atoms with Gasteiger partial charge < -0.3 is 19.7 Å². The maximum Gasteiger partial charge on any atom is 0.341 e. The van der Waals surface area contributed by atoms with Gasteiger partial charge in [-0.05, 0) is 36.4 Å². The number of benzene rings is 2. The summed E-state index contributed by atoms with van der Waals surface area (Å²) in [6, 6.07) is 7.73. The Morgan fingerprint density at radius 2 is 1.90 bits per heavy atom. The number of hydrogen-bond donors (Lipinski definition) is 3. The van der Waals surface area contributed by atoms with Crippen LogP contribution in [-0.4, -0.2) is 46.6 Å². The molecule has 3 aromatic rings. The van der Waals surface area contributed by atoms with Gasteiger partial charge in [-0.2, -0.15) is 0 Å². The number of fused-ring (bicyclic) bond motifs is 1. The summed E-state index contributed by atoms with van der Waals surface area (Å²) in [7, 11) is 0. The van der Waals surface area contributed by atoms with E-state index in [0.717, 1.165) is 12.3 Å². The SMILES string of the molecule is O=C(O)c1cn(-c2ccc(F)cc2)c2cc(N3CCNC(O)C3)c(F)cc2c1=O. The third-order valence-electron chi connectivity index (χ3n) is 4.90. The lowest BCUT2D eigenvalue weighted by Gasteiger charge is -2.33. The topological polar surface area (TPSA) is 94.8 Å². The van der Waals surface area contributed by atoms with Gasteiger partial charge in [0.2, 0.25) is 5.43 Å². The van der Waals surface area contributed by atoms with E-state index in [4.69, 9.17) is 0 Å². The standard InChI is InChI=1S/C20H17F2N3O4/c21-11-1-3-12(4-2-11)25-9-14(20(28)29)19(27)13-7-15(22)17(8-16(13)25)24-6-5-23-18(26)10-24/h1-4,7-9,18,23,26H,5-6,10H2,(H,28,29). The molecule has 0 amide bonds. The fourth-order valence-corrected chi connectivity index (χ4v) is 3.49. The van der Waals surface area contributed by atoms with Crippen molar-refractivity contribution in [3.05, 3.63) is 70.0 Å². The maximum atomic E-state index is 14.8. The van der Waals surface area contributed by atoms with Gasteiger partial charge in [-0.15, -0.1) is 0 Å². The minimum Gasteiger partial charge on any atom is -0.477 e. The zero-order valence-corrected chi connectivity index (χ0v) is 15.1. The number of aliphatic hydroxyl groups excluding tert-OH is 1. The number of nitrogens with one attached hydrogen (secondary N) is 1. The zero-order valence-electron chi connectivity index (χ0n) is 15.1. The summed E-state index contributed by atoms with van der Waals surface area (Å²) in [6.45, 7) is 1.03. The molecule has 4 rings (SSSR count). The summed E-state index contributed by atoms with van der Waals surface area (Å²) in [5, 5.41) is 21.9. The van der Waals surface area contributed by atoms with Gasteiger partial charge in [-0.25, -0.2) is 13.6 Å². The van der Waals surface area contributed by atoms with Crippen LogP contribution in [0.15, 0.2) is 47.4 Å². The van der Waals surface area contributed by atoms with E-state index < -0.39 is 34.8 Å². The van der Waals surface area contributed by atoms with Gasteiger partial charge in [0.05, 0.1) is 17.7 Å². The van der Waals surface area contributed by atoms with Crippen molar-refractivity contribution >= 4 is 22.6 Å². The number of rotatable bonds is 3. The van der Waals surface area contributed by atoms with E-state index in [9.17, 15) is 28.6 Å². The van der Waals surface area contributed by atoms with Crippen molar-refractivity contribution in [3.8, 4) is 5.69 Å². The van der Waals surface area contributed by atoms with E-state index in [1.807, 2.05) is 0 Å². The van der Waals surface area contributed by atoms with Crippen LogP contribution in [0.4, 0.5) is 14.5 Å². The summed E-state index contributed by atoms with van der Waals surface area (Å²) in [5.74, 6) is -2.61. The second kappa shape index (κ2) is 7.26.